The van der Waals surface area contributed by atoms with Crippen LogP contribution >= 0.6 is 11.3 Å². The highest BCUT2D eigenvalue weighted by molar-refractivity contribution is 7.13. The molecule has 2 rings (SSSR count). The van der Waals surface area contributed by atoms with Gasteiger partial charge in [-0.15, -0.1) is 11.3 Å². The minimum absolute atomic E-state index is 0.0663. The number of nitrogens with zero attached hydrogens (tertiary/aromatic N) is 2. The molecule has 1 saturated heterocycles. The van der Waals surface area contributed by atoms with E-state index in [-0.39, 0.29) is 11.8 Å². The van der Waals surface area contributed by atoms with Gasteiger partial charge in [0.15, 0.2) is 5.13 Å². The van der Waals surface area contributed by atoms with E-state index in [0.29, 0.717) is 11.6 Å². The highest BCUT2D eigenvalue weighted by atomic mass is 32.1. The Hall–Kier alpha value is -1.47. The molecule has 1 aromatic rings. The molecule has 0 saturated carbocycles. The van der Waals surface area contributed by atoms with Crippen LogP contribution in [0.1, 0.15) is 45.7 Å². The van der Waals surface area contributed by atoms with E-state index in [9.17, 15) is 9.59 Å². The Labute approximate surface area is 154 Å². The predicted molar refractivity (Wildman–Crippen MR) is 102 cm³/mol. The van der Waals surface area contributed by atoms with Gasteiger partial charge in [0.1, 0.15) is 0 Å². The van der Waals surface area contributed by atoms with Crippen molar-refractivity contribution < 1.29 is 9.59 Å². The van der Waals surface area contributed by atoms with Crippen molar-refractivity contribution >= 4 is 28.3 Å². The average molecular weight is 367 g/mol. The van der Waals surface area contributed by atoms with Gasteiger partial charge in [0.2, 0.25) is 11.8 Å². The van der Waals surface area contributed by atoms with E-state index in [1.807, 2.05) is 38.1 Å². The number of rotatable bonds is 6. The number of carbonyl (C=O) groups excluding carboxylic acids is 2. The van der Waals surface area contributed by atoms with Crippen molar-refractivity contribution in [2.75, 3.05) is 32.0 Å². The van der Waals surface area contributed by atoms with Crippen molar-refractivity contribution in [3.63, 3.8) is 0 Å². The zero-order chi connectivity index (χ0) is 18.4. The molecule has 140 valence electrons. The number of likely N-dealkylation sites (tertiary alicyclic amines) is 1. The molecule has 0 bridgehead atoms. The molecule has 0 radical (unpaired) electrons. The summed E-state index contributed by atoms with van der Waals surface area (Å²) in [4.78, 5) is 30.8. The molecule has 0 aliphatic carbocycles. The normalized spacial score (nSPS) is 16.1. The average Bonchev–Trinajstić information content (AvgIpc) is 2.99. The van der Waals surface area contributed by atoms with Gasteiger partial charge in [-0.2, -0.15) is 0 Å². The van der Waals surface area contributed by atoms with E-state index in [1.165, 1.54) is 17.8 Å². The van der Waals surface area contributed by atoms with Crippen LogP contribution in [0.25, 0.3) is 0 Å². The third kappa shape index (κ3) is 6.08. The van der Waals surface area contributed by atoms with Crippen molar-refractivity contribution in [2.45, 2.75) is 46.5 Å². The van der Waals surface area contributed by atoms with Gasteiger partial charge in [-0.3, -0.25) is 9.59 Å². The Morgan fingerprint density at radius 1 is 1.32 bits per heavy atom. The van der Waals surface area contributed by atoms with Crippen molar-refractivity contribution in [2.24, 2.45) is 11.3 Å². The van der Waals surface area contributed by atoms with Crippen LogP contribution in [0.4, 0.5) is 5.13 Å². The van der Waals surface area contributed by atoms with E-state index >= 15 is 0 Å². The topological polar surface area (TPSA) is 74.3 Å². The molecule has 0 atom stereocenters. The summed E-state index contributed by atoms with van der Waals surface area (Å²) in [5, 5.41) is 8.43. The Balaban J connectivity index is 1.81. The van der Waals surface area contributed by atoms with E-state index in [4.69, 9.17) is 0 Å². The van der Waals surface area contributed by atoms with Gasteiger partial charge in [0.05, 0.1) is 12.1 Å². The standard InChI is InChI=1S/C18H30N4O2S/c1-18(2,3)16(24)21-17-20-14(12-25-17)11-15(23)22-9-6-13(7-10-22)5-8-19-4/h12-13,19H,5-11H2,1-4H3,(H,20,21,24). The largest absolute Gasteiger partial charge is 0.342 e. The monoisotopic (exact) mass is 366 g/mol. The summed E-state index contributed by atoms with van der Waals surface area (Å²) in [6.07, 6.45) is 3.65. The molecule has 1 aromatic heterocycles. The van der Waals surface area contributed by atoms with Gasteiger partial charge in [-0.05, 0) is 38.8 Å². The fourth-order valence-corrected chi connectivity index (χ4v) is 3.52. The number of piperidine rings is 1. The third-order valence-electron chi connectivity index (χ3n) is 4.56. The minimum Gasteiger partial charge on any atom is -0.342 e. The van der Waals surface area contributed by atoms with Gasteiger partial charge in [0.25, 0.3) is 0 Å². The first-order chi connectivity index (χ1) is 11.8. The second kappa shape index (κ2) is 8.76. The summed E-state index contributed by atoms with van der Waals surface area (Å²) < 4.78 is 0. The quantitative estimate of drug-likeness (QED) is 0.811. The van der Waals surface area contributed by atoms with Crippen LogP contribution in [0, 0.1) is 11.3 Å². The summed E-state index contributed by atoms with van der Waals surface area (Å²) in [5.41, 5.74) is 0.274. The lowest BCUT2D eigenvalue weighted by Gasteiger charge is -2.32. The molecule has 6 nitrogen and oxygen atoms in total. The van der Waals surface area contributed by atoms with Crippen molar-refractivity contribution in [1.29, 1.82) is 0 Å². The van der Waals surface area contributed by atoms with Crippen molar-refractivity contribution in [1.82, 2.24) is 15.2 Å². The first kappa shape index (κ1) is 19.8. The summed E-state index contributed by atoms with van der Waals surface area (Å²) in [5.74, 6) is 0.782. The first-order valence-electron chi connectivity index (χ1n) is 8.98. The molecule has 0 aromatic carbocycles. The van der Waals surface area contributed by atoms with Crippen molar-refractivity contribution in [3.05, 3.63) is 11.1 Å². The number of amides is 2. The fraction of sp³-hybridized carbons (Fsp3) is 0.722. The fourth-order valence-electron chi connectivity index (χ4n) is 2.82. The molecule has 0 unspecified atom stereocenters. The van der Waals surface area contributed by atoms with E-state index in [1.54, 1.807) is 0 Å². The first-order valence-corrected chi connectivity index (χ1v) is 9.86. The molecule has 1 fully saturated rings. The van der Waals surface area contributed by atoms with E-state index in [0.717, 1.165) is 44.1 Å². The van der Waals surface area contributed by atoms with Crippen LogP contribution in [0.5, 0.6) is 0 Å². The summed E-state index contributed by atoms with van der Waals surface area (Å²) in [6, 6.07) is 0. The molecule has 1 aliphatic rings. The van der Waals surface area contributed by atoms with Crippen LogP contribution in [0.15, 0.2) is 5.38 Å². The molecule has 25 heavy (non-hydrogen) atoms. The molecule has 2 N–H and O–H groups in total. The zero-order valence-corrected chi connectivity index (χ0v) is 16.5. The Kier molecular flexibility index (Phi) is 6.95. The lowest BCUT2D eigenvalue weighted by Crippen LogP contribution is -2.39. The van der Waals surface area contributed by atoms with E-state index < -0.39 is 5.41 Å². The third-order valence-corrected chi connectivity index (χ3v) is 5.36. The number of hydrogen-bond donors (Lipinski definition) is 2. The van der Waals surface area contributed by atoms with Crippen LogP contribution < -0.4 is 10.6 Å². The van der Waals surface area contributed by atoms with Gasteiger partial charge in [0, 0.05) is 23.9 Å². The highest BCUT2D eigenvalue weighted by Crippen LogP contribution is 2.23. The van der Waals surface area contributed by atoms with Gasteiger partial charge < -0.3 is 15.5 Å². The number of carbonyl (C=O) groups is 2. The number of nitrogens with one attached hydrogen (secondary N) is 2. The lowest BCUT2D eigenvalue weighted by atomic mass is 9.93. The highest BCUT2D eigenvalue weighted by Gasteiger charge is 2.24. The lowest BCUT2D eigenvalue weighted by molar-refractivity contribution is -0.131. The molecule has 1 aliphatic heterocycles. The summed E-state index contributed by atoms with van der Waals surface area (Å²) in [6.45, 7) is 8.30. The maximum atomic E-state index is 12.5. The maximum Gasteiger partial charge on any atom is 0.231 e. The Bertz CT molecular complexity index is 586. The number of anilines is 1. The smallest absolute Gasteiger partial charge is 0.231 e. The second-order valence-corrected chi connectivity index (χ2v) is 8.60. The number of thiazole rings is 1. The molecular weight excluding hydrogens is 336 g/mol. The molecule has 0 spiro atoms. The van der Waals surface area contributed by atoms with Crippen LogP contribution in [0.2, 0.25) is 0 Å². The zero-order valence-electron chi connectivity index (χ0n) is 15.7. The van der Waals surface area contributed by atoms with E-state index in [2.05, 4.69) is 15.6 Å². The number of aromatic nitrogens is 1. The van der Waals surface area contributed by atoms with Gasteiger partial charge in [-0.1, -0.05) is 20.8 Å². The number of hydrogen-bond acceptors (Lipinski definition) is 5. The maximum absolute atomic E-state index is 12.5. The van der Waals surface area contributed by atoms with Gasteiger partial charge >= 0.3 is 0 Å². The summed E-state index contributed by atoms with van der Waals surface area (Å²) >= 11 is 1.37. The van der Waals surface area contributed by atoms with Crippen LogP contribution in [-0.4, -0.2) is 48.4 Å². The molecular formula is C18H30N4O2S. The molecule has 2 amide bonds. The molecule has 2 heterocycles. The summed E-state index contributed by atoms with van der Waals surface area (Å²) in [7, 11) is 1.98. The predicted octanol–water partition coefficient (Wildman–Crippen LogP) is 2.52. The van der Waals surface area contributed by atoms with Crippen LogP contribution in [0.3, 0.4) is 0 Å². The van der Waals surface area contributed by atoms with Crippen molar-refractivity contribution in [3.8, 4) is 0 Å². The molecule has 7 heteroatoms. The Morgan fingerprint density at radius 3 is 2.60 bits per heavy atom. The minimum atomic E-state index is -0.459. The van der Waals surface area contributed by atoms with Gasteiger partial charge in [-0.25, -0.2) is 4.98 Å². The SMILES string of the molecule is CNCCC1CCN(C(=O)Cc2csc(NC(=O)C(C)(C)C)n2)CC1. The van der Waals surface area contributed by atoms with Crippen LogP contribution in [-0.2, 0) is 16.0 Å². The Morgan fingerprint density at radius 2 is 2.00 bits per heavy atom. The second-order valence-electron chi connectivity index (χ2n) is 7.74.